The number of hydrogen-bond donors (Lipinski definition) is 1. The van der Waals surface area contributed by atoms with Crippen LogP contribution in [0.15, 0.2) is 72.3 Å². The lowest BCUT2D eigenvalue weighted by atomic mass is 9.95. The second kappa shape index (κ2) is 11.1. The van der Waals surface area contributed by atoms with Crippen molar-refractivity contribution < 1.29 is 24.2 Å². The highest BCUT2D eigenvalue weighted by molar-refractivity contribution is 6.51. The van der Waals surface area contributed by atoms with Crippen molar-refractivity contribution in [2.24, 2.45) is 5.92 Å². The third-order valence-corrected chi connectivity index (χ3v) is 6.33. The molecule has 0 aromatic heterocycles. The van der Waals surface area contributed by atoms with Gasteiger partial charge in [0.05, 0.1) is 29.9 Å². The number of carbonyl (C=O) groups excluding carboxylic acids is 2. The average molecular weight is 520 g/mol. The number of amides is 1. The third-order valence-electron chi connectivity index (χ3n) is 6.02. The number of carbonyl (C=O) groups is 2. The Kier molecular flexibility index (Phi) is 7.89. The van der Waals surface area contributed by atoms with Gasteiger partial charge in [0.25, 0.3) is 11.7 Å². The predicted molar refractivity (Wildman–Crippen MR) is 145 cm³/mol. The van der Waals surface area contributed by atoms with Crippen molar-refractivity contribution in [2.45, 2.75) is 33.7 Å². The maximum atomic E-state index is 13.4. The van der Waals surface area contributed by atoms with E-state index in [1.165, 1.54) is 4.90 Å². The average Bonchev–Trinajstić information content (AvgIpc) is 3.15. The smallest absolute Gasteiger partial charge is 0.300 e. The van der Waals surface area contributed by atoms with Crippen LogP contribution < -0.4 is 14.4 Å². The summed E-state index contributed by atoms with van der Waals surface area (Å²) in [6.45, 7) is 8.78. The van der Waals surface area contributed by atoms with Gasteiger partial charge >= 0.3 is 0 Å². The van der Waals surface area contributed by atoms with Crippen molar-refractivity contribution in [1.29, 1.82) is 0 Å². The van der Waals surface area contributed by atoms with Gasteiger partial charge in [0.1, 0.15) is 17.3 Å². The van der Waals surface area contributed by atoms with E-state index in [4.69, 9.17) is 21.1 Å². The zero-order valence-electron chi connectivity index (χ0n) is 21.3. The molecule has 4 rings (SSSR count). The van der Waals surface area contributed by atoms with E-state index in [0.717, 1.165) is 5.56 Å². The summed E-state index contributed by atoms with van der Waals surface area (Å²) in [5, 5.41) is 11.8. The fourth-order valence-electron chi connectivity index (χ4n) is 4.23. The van der Waals surface area contributed by atoms with Crippen LogP contribution in [-0.2, 0) is 9.59 Å². The second-order valence-corrected chi connectivity index (χ2v) is 9.77. The summed E-state index contributed by atoms with van der Waals surface area (Å²) in [5.74, 6) is -0.477. The zero-order chi connectivity index (χ0) is 26.7. The standard InChI is InChI=1S/C30H30ClNO5/c1-5-36-25-16-21(11-14-24(25)31)28(33)26-27(20-7-6-8-23(15-20)37-17-18(2)3)32(30(35)29(26)34)22-12-9-19(4)10-13-22/h6-16,18,27,33H,5,17H2,1-4H3/b28-26-. The van der Waals surface area contributed by atoms with Gasteiger partial charge in [-0.2, -0.15) is 0 Å². The first-order chi connectivity index (χ1) is 17.7. The minimum Gasteiger partial charge on any atom is -0.507 e. The Morgan fingerprint density at radius 3 is 2.43 bits per heavy atom. The number of hydrogen-bond acceptors (Lipinski definition) is 5. The van der Waals surface area contributed by atoms with Crippen molar-refractivity contribution in [1.82, 2.24) is 0 Å². The molecule has 1 aliphatic heterocycles. The molecule has 3 aromatic carbocycles. The number of aryl methyl sites for hydroxylation is 1. The van der Waals surface area contributed by atoms with E-state index >= 15 is 0 Å². The minimum absolute atomic E-state index is 0.0173. The molecule has 0 aliphatic carbocycles. The quantitative estimate of drug-likeness (QED) is 0.203. The molecule has 1 aliphatic rings. The first-order valence-electron chi connectivity index (χ1n) is 12.2. The van der Waals surface area contributed by atoms with Gasteiger partial charge in [0.15, 0.2) is 0 Å². The molecular weight excluding hydrogens is 490 g/mol. The largest absolute Gasteiger partial charge is 0.507 e. The molecule has 1 saturated heterocycles. The third kappa shape index (κ3) is 5.49. The Morgan fingerprint density at radius 2 is 1.76 bits per heavy atom. The van der Waals surface area contributed by atoms with Crippen LogP contribution in [0.3, 0.4) is 0 Å². The summed E-state index contributed by atoms with van der Waals surface area (Å²) >= 11 is 6.24. The van der Waals surface area contributed by atoms with Crippen molar-refractivity contribution in [2.75, 3.05) is 18.1 Å². The van der Waals surface area contributed by atoms with E-state index in [0.29, 0.717) is 52.5 Å². The fourth-order valence-corrected chi connectivity index (χ4v) is 4.40. The Morgan fingerprint density at radius 1 is 1.03 bits per heavy atom. The van der Waals surface area contributed by atoms with Gasteiger partial charge in [-0.25, -0.2) is 0 Å². The number of ether oxygens (including phenoxy) is 2. The molecule has 0 spiro atoms. The predicted octanol–water partition coefficient (Wildman–Crippen LogP) is 6.71. The number of nitrogens with zero attached hydrogens (tertiary/aromatic N) is 1. The van der Waals surface area contributed by atoms with Crippen molar-refractivity contribution in [3.8, 4) is 11.5 Å². The highest BCUT2D eigenvalue weighted by Crippen LogP contribution is 2.43. The molecule has 0 radical (unpaired) electrons. The normalized spacial score (nSPS) is 16.9. The molecule has 7 heteroatoms. The number of aliphatic hydroxyl groups excluding tert-OH is 1. The molecule has 3 aromatic rings. The maximum absolute atomic E-state index is 13.4. The molecule has 1 unspecified atom stereocenters. The summed E-state index contributed by atoms with van der Waals surface area (Å²) in [6.07, 6.45) is 0. The van der Waals surface area contributed by atoms with E-state index in [1.54, 1.807) is 36.4 Å². The highest BCUT2D eigenvalue weighted by atomic mass is 35.5. The molecule has 192 valence electrons. The maximum Gasteiger partial charge on any atom is 0.300 e. The Balaban J connectivity index is 1.89. The molecule has 1 heterocycles. The van der Waals surface area contributed by atoms with Gasteiger partial charge in [-0.15, -0.1) is 0 Å². The van der Waals surface area contributed by atoms with Crippen LogP contribution in [0.2, 0.25) is 5.02 Å². The van der Waals surface area contributed by atoms with Crippen LogP contribution in [-0.4, -0.2) is 30.0 Å². The highest BCUT2D eigenvalue weighted by Gasteiger charge is 2.47. The second-order valence-electron chi connectivity index (χ2n) is 9.36. The van der Waals surface area contributed by atoms with Crippen molar-refractivity contribution in [3.63, 3.8) is 0 Å². The number of anilines is 1. The molecule has 1 N–H and O–H groups in total. The van der Waals surface area contributed by atoms with Gasteiger partial charge in [-0.05, 0) is 67.8 Å². The lowest BCUT2D eigenvalue weighted by molar-refractivity contribution is -0.132. The summed E-state index contributed by atoms with van der Waals surface area (Å²) in [7, 11) is 0. The first kappa shape index (κ1) is 26.3. The van der Waals surface area contributed by atoms with Crippen molar-refractivity contribution >= 4 is 34.7 Å². The number of halogens is 1. The SMILES string of the molecule is CCOc1cc(/C(O)=C2/C(=O)C(=O)N(c3ccc(C)cc3)C2c2cccc(OCC(C)C)c2)ccc1Cl. The molecule has 0 saturated carbocycles. The van der Waals surface area contributed by atoms with Crippen LogP contribution in [0.25, 0.3) is 5.76 Å². The van der Waals surface area contributed by atoms with E-state index < -0.39 is 17.7 Å². The number of rotatable bonds is 8. The van der Waals surface area contributed by atoms with Crippen LogP contribution in [0, 0.1) is 12.8 Å². The molecule has 1 atom stereocenters. The molecule has 1 amide bonds. The van der Waals surface area contributed by atoms with Gasteiger partial charge in [-0.1, -0.05) is 55.3 Å². The van der Waals surface area contributed by atoms with Crippen LogP contribution >= 0.6 is 11.6 Å². The lowest BCUT2D eigenvalue weighted by Crippen LogP contribution is -2.29. The van der Waals surface area contributed by atoms with E-state index in [1.807, 2.05) is 44.2 Å². The zero-order valence-corrected chi connectivity index (χ0v) is 22.1. The van der Waals surface area contributed by atoms with E-state index in [9.17, 15) is 14.7 Å². The molecule has 0 bridgehead atoms. The summed E-state index contributed by atoms with van der Waals surface area (Å²) < 4.78 is 11.5. The van der Waals surface area contributed by atoms with Crippen LogP contribution in [0.4, 0.5) is 5.69 Å². The Hall–Kier alpha value is -3.77. The summed E-state index contributed by atoms with van der Waals surface area (Å²) in [5.41, 5.74) is 2.52. The van der Waals surface area contributed by atoms with Crippen LogP contribution in [0.5, 0.6) is 11.5 Å². The van der Waals surface area contributed by atoms with Gasteiger partial charge in [0.2, 0.25) is 0 Å². The fraction of sp³-hybridized carbons (Fsp3) is 0.267. The lowest BCUT2D eigenvalue weighted by Gasteiger charge is -2.26. The number of aliphatic hydroxyl groups is 1. The Bertz CT molecular complexity index is 1350. The Labute approximate surface area is 222 Å². The van der Waals surface area contributed by atoms with Gasteiger partial charge in [0, 0.05) is 11.3 Å². The van der Waals surface area contributed by atoms with Gasteiger partial charge in [-0.3, -0.25) is 14.5 Å². The number of Topliss-reactive ketones (excluding diaryl/α,β-unsaturated/α-hetero) is 1. The van der Waals surface area contributed by atoms with Crippen molar-refractivity contribution in [3.05, 3.63) is 94.0 Å². The summed E-state index contributed by atoms with van der Waals surface area (Å²) in [4.78, 5) is 28.3. The molecule has 37 heavy (non-hydrogen) atoms. The summed E-state index contributed by atoms with van der Waals surface area (Å²) in [6, 6.07) is 18.5. The van der Waals surface area contributed by atoms with E-state index in [-0.39, 0.29) is 11.3 Å². The number of benzene rings is 3. The van der Waals surface area contributed by atoms with E-state index in [2.05, 4.69) is 13.8 Å². The topological polar surface area (TPSA) is 76.1 Å². The molecule has 6 nitrogen and oxygen atoms in total. The molecular formula is C30H30ClNO5. The molecule has 1 fully saturated rings. The monoisotopic (exact) mass is 519 g/mol. The minimum atomic E-state index is -0.864. The van der Waals surface area contributed by atoms with Crippen LogP contribution in [0.1, 0.15) is 43.5 Å². The number of ketones is 1. The van der Waals surface area contributed by atoms with Gasteiger partial charge < -0.3 is 14.6 Å². The first-order valence-corrected chi connectivity index (χ1v) is 12.6.